The molecule has 0 fully saturated rings. The number of nitrogens with zero attached hydrogens (tertiary/aromatic N) is 2. The number of thiophene rings is 1. The number of benzene rings is 9. The number of rotatable bonds is 5. The van der Waals surface area contributed by atoms with Crippen molar-refractivity contribution >= 4 is 53.1 Å². The molecular weight excluding hydrogens is 745 g/mol. The first-order valence-corrected chi connectivity index (χ1v) is 21.5. The molecule has 2 nitrogen and oxygen atoms in total. The summed E-state index contributed by atoms with van der Waals surface area (Å²) in [5.74, 6) is 0.715. The summed E-state index contributed by atoms with van der Waals surface area (Å²) >= 11 is 1.86. The highest BCUT2D eigenvalue weighted by molar-refractivity contribution is 7.25. The Bertz CT molecular complexity index is 3520. The van der Waals surface area contributed by atoms with Gasteiger partial charge >= 0.3 is 0 Å². The second kappa shape index (κ2) is 13.4. The van der Waals surface area contributed by atoms with Crippen molar-refractivity contribution in [1.82, 2.24) is 9.97 Å². The average molecular weight is 783 g/mol. The molecule has 0 spiro atoms. The van der Waals surface area contributed by atoms with Crippen LogP contribution in [0.2, 0.25) is 0 Å². The number of hydrogen-bond acceptors (Lipinski definition) is 3. The lowest BCUT2D eigenvalue weighted by Gasteiger charge is -2.22. The Kier molecular flexibility index (Phi) is 7.79. The van der Waals surface area contributed by atoms with E-state index in [2.05, 4.69) is 202 Å². The summed E-state index contributed by atoms with van der Waals surface area (Å²) in [6.07, 6.45) is 0. The monoisotopic (exact) mass is 782 g/mol. The van der Waals surface area contributed by atoms with Crippen LogP contribution in [0.25, 0.3) is 109 Å². The van der Waals surface area contributed by atoms with E-state index in [1.165, 1.54) is 80.8 Å². The summed E-state index contributed by atoms with van der Waals surface area (Å²) in [5, 5.41) is 7.51. The molecule has 0 bridgehead atoms. The normalized spacial score (nSPS) is 13.0. The zero-order chi connectivity index (χ0) is 40.0. The molecular formula is C57H38N2S. The summed E-state index contributed by atoms with van der Waals surface area (Å²) < 4.78 is 2.63. The smallest absolute Gasteiger partial charge is 0.160 e. The molecule has 0 aliphatic heterocycles. The van der Waals surface area contributed by atoms with E-state index in [-0.39, 0.29) is 5.41 Å². The van der Waals surface area contributed by atoms with Gasteiger partial charge in [0, 0.05) is 42.3 Å². The van der Waals surface area contributed by atoms with Crippen molar-refractivity contribution < 1.29 is 0 Å². The largest absolute Gasteiger partial charge is 0.228 e. The minimum atomic E-state index is -0.157. The second-order valence-electron chi connectivity index (χ2n) is 16.5. The van der Waals surface area contributed by atoms with Crippen LogP contribution in [-0.2, 0) is 5.41 Å². The molecule has 0 saturated carbocycles. The van der Waals surface area contributed by atoms with Crippen LogP contribution in [0.1, 0.15) is 25.0 Å². The van der Waals surface area contributed by atoms with Crippen molar-refractivity contribution in [2.45, 2.75) is 19.3 Å². The molecule has 0 saturated heterocycles. The molecule has 0 N–H and O–H groups in total. The Hall–Kier alpha value is -7.20. The third-order valence-corrected chi connectivity index (χ3v) is 13.8. The topological polar surface area (TPSA) is 25.8 Å². The fraction of sp³-hybridized carbons (Fsp3) is 0.0526. The molecule has 0 atom stereocenters. The van der Waals surface area contributed by atoms with Gasteiger partial charge in [-0.15, -0.1) is 11.3 Å². The highest BCUT2D eigenvalue weighted by Crippen LogP contribution is 2.53. The van der Waals surface area contributed by atoms with Crippen molar-refractivity contribution in [2.24, 2.45) is 0 Å². The van der Waals surface area contributed by atoms with Crippen LogP contribution in [0.4, 0.5) is 0 Å². The zero-order valence-corrected chi connectivity index (χ0v) is 34.1. The van der Waals surface area contributed by atoms with E-state index in [0.29, 0.717) is 5.82 Å². The summed E-state index contributed by atoms with van der Waals surface area (Å²) in [7, 11) is 0. The number of fused-ring (bicyclic) bond motifs is 8. The first-order valence-electron chi connectivity index (χ1n) is 20.6. The summed E-state index contributed by atoms with van der Waals surface area (Å²) in [5.41, 5.74) is 15.0. The molecule has 11 aromatic rings. The molecule has 0 unspecified atom stereocenters. The molecule has 2 aromatic heterocycles. The van der Waals surface area contributed by atoms with Crippen molar-refractivity contribution in [3.63, 3.8) is 0 Å². The summed E-state index contributed by atoms with van der Waals surface area (Å²) in [4.78, 5) is 10.7. The zero-order valence-electron chi connectivity index (χ0n) is 33.3. The van der Waals surface area contributed by atoms with Crippen LogP contribution in [0.15, 0.2) is 194 Å². The van der Waals surface area contributed by atoms with Crippen molar-refractivity contribution in [2.75, 3.05) is 0 Å². The highest BCUT2D eigenvalue weighted by atomic mass is 32.1. The van der Waals surface area contributed by atoms with Gasteiger partial charge in [0.2, 0.25) is 0 Å². The lowest BCUT2D eigenvalue weighted by Crippen LogP contribution is -2.14. The maximum absolute atomic E-state index is 5.37. The van der Waals surface area contributed by atoms with Gasteiger partial charge in [-0.05, 0) is 102 Å². The van der Waals surface area contributed by atoms with Gasteiger partial charge in [0.25, 0.3) is 0 Å². The van der Waals surface area contributed by atoms with Crippen LogP contribution < -0.4 is 0 Å². The number of hydrogen-bond donors (Lipinski definition) is 0. The first kappa shape index (κ1) is 34.8. The maximum Gasteiger partial charge on any atom is 0.160 e. The Morgan fingerprint density at radius 3 is 1.78 bits per heavy atom. The van der Waals surface area contributed by atoms with Gasteiger partial charge in [-0.25, -0.2) is 9.97 Å². The SMILES string of the molecule is CC1(C)c2cc3ccccc3cc2-c2c(-c3cc(-c4ccc(-c5cccc(-c6cccc7sc8ccccc8c67)c5)c5ccccc45)nc(-c4ccccc4)n3)cccc21. The molecule has 1 aliphatic carbocycles. The van der Waals surface area contributed by atoms with E-state index in [4.69, 9.17) is 9.97 Å². The standard InChI is InChI=1S/C57H38N2S/c1-57(2)48-26-13-25-45(54(48)47-32-36-17-6-7-18-37(36)33-49(47)57)51-34-50(58-56(59-51)35-15-4-3-5-16-35)44-30-29-40(42-21-8-9-22-43(42)44)38-19-12-20-39(31-38)41-24-14-28-53-55(41)46-23-10-11-27-52(46)60-53/h3-34H,1-2H3. The van der Waals surface area contributed by atoms with Gasteiger partial charge < -0.3 is 0 Å². The fourth-order valence-corrected chi connectivity index (χ4v) is 10.9. The molecule has 0 radical (unpaired) electrons. The molecule has 60 heavy (non-hydrogen) atoms. The van der Waals surface area contributed by atoms with Crippen molar-refractivity contribution in [3.05, 3.63) is 205 Å². The van der Waals surface area contributed by atoms with E-state index >= 15 is 0 Å². The second-order valence-corrected chi connectivity index (χ2v) is 17.6. The van der Waals surface area contributed by atoms with Crippen LogP contribution in [0.5, 0.6) is 0 Å². The molecule has 3 heteroatoms. The van der Waals surface area contributed by atoms with Gasteiger partial charge in [0.1, 0.15) is 0 Å². The Morgan fingerprint density at radius 2 is 0.967 bits per heavy atom. The van der Waals surface area contributed by atoms with Crippen LogP contribution in [0.3, 0.4) is 0 Å². The Balaban J connectivity index is 1.04. The quantitative estimate of drug-likeness (QED) is 0.174. The van der Waals surface area contributed by atoms with Crippen LogP contribution >= 0.6 is 11.3 Å². The van der Waals surface area contributed by atoms with Gasteiger partial charge in [-0.1, -0.05) is 172 Å². The Labute approximate surface area is 353 Å². The first-order chi connectivity index (χ1) is 29.5. The van der Waals surface area contributed by atoms with Gasteiger partial charge in [-0.3, -0.25) is 0 Å². The minimum absolute atomic E-state index is 0.157. The predicted octanol–water partition coefficient (Wildman–Crippen LogP) is 15.8. The molecule has 12 rings (SSSR count). The molecule has 9 aromatic carbocycles. The van der Waals surface area contributed by atoms with Crippen molar-refractivity contribution in [1.29, 1.82) is 0 Å². The molecule has 1 aliphatic rings. The average Bonchev–Trinajstić information content (AvgIpc) is 3.79. The maximum atomic E-state index is 5.37. The van der Waals surface area contributed by atoms with Gasteiger partial charge in [0.05, 0.1) is 11.4 Å². The van der Waals surface area contributed by atoms with Gasteiger partial charge in [-0.2, -0.15) is 0 Å². The third kappa shape index (κ3) is 5.40. The van der Waals surface area contributed by atoms with E-state index < -0.39 is 0 Å². The summed E-state index contributed by atoms with van der Waals surface area (Å²) in [6.45, 7) is 4.70. The predicted molar refractivity (Wildman–Crippen MR) is 255 cm³/mol. The third-order valence-electron chi connectivity index (χ3n) is 12.7. The minimum Gasteiger partial charge on any atom is -0.228 e. The summed E-state index contributed by atoms with van der Waals surface area (Å²) in [6, 6.07) is 70.6. The fourth-order valence-electron chi connectivity index (χ4n) is 9.77. The lowest BCUT2D eigenvalue weighted by atomic mass is 9.81. The van der Waals surface area contributed by atoms with Crippen LogP contribution in [-0.4, -0.2) is 9.97 Å². The van der Waals surface area contributed by atoms with E-state index in [9.17, 15) is 0 Å². The molecule has 282 valence electrons. The van der Waals surface area contributed by atoms with Crippen LogP contribution in [0, 0.1) is 0 Å². The molecule has 0 amide bonds. The molecule has 2 heterocycles. The van der Waals surface area contributed by atoms with Gasteiger partial charge in [0.15, 0.2) is 5.82 Å². The lowest BCUT2D eigenvalue weighted by molar-refractivity contribution is 0.661. The van der Waals surface area contributed by atoms with E-state index in [0.717, 1.165) is 33.5 Å². The van der Waals surface area contributed by atoms with E-state index in [1.807, 2.05) is 17.4 Å². The van der Waals surface area contributed by atoms with Crippen molar-refractivity contribution in [3.8, 4) is 67.3 Å². The Morgan fingerprint density at radius 1 is 0.383 bits per heavy atom. The highest BCUT2D eigenvalue weighted by Gasteiger charge is 2.37. The number of aromatic nitrogens is 2. The van der Waals surface area contributed by atoms with E-state index in [1.54, 1.807) is 0 Å².